The van der Waals surface area contributed by atoms with Crippen LogP contribution in [0, 0.1) is 0 Å². The molecule has 30 heavy (non-hydrogen) atoms. The highest BCUT2D eigenvalue weighted by Gasteiger charge is 2.35. The first kappa shape index (κ1) is 20.1. The van der Waals surface area contributed by atoms with Crippen molar-refractivity contribution in [1.29, 1.82) is 0 Å². The molecule has 0 saturated carbocycles. The predicted molar refractivity (Wildman–Crippen MR) is 115 cm³/mol. The highest BCUT2D eigenvalue weighted by Crippen LogP contribution is 2.37. The lowest BCUT2D eigenvalue weighted by atomic mass is 10.2. The van der Waals surface area contributed by atoms with E-state index in [1.165, 1.54) is 11.8 Å². The minimum absolute atomic E-state index is 0.0969. The number of nitrogens with zero attached hydrogens (tertiary/aromatic N) is 2. The second-order valence-corrected chi connectivity index (χ2v) is 7.74. The van der Waals surface area contributed by atoms with Crippen molar-refractivity contribution < 1.29 is 23.8 Å². The average Bonchev–Trinajstić information content (AvgIpc) is 3.22. The Morgan fingerprint density at radius 2 is 2.07 bits per heavy atom. The summed E-state index contributed by atoms with van der Waals surface area (Å²) in [6.07, 6.45) is 0.0969. The molecule has 2 heterocycles. The maximum absolute atomic E-state index is 12.9. The lowest BCUT2D eigenvalue weighted by Gasteiger charge is -2.31. The van der Waals surface area contributed by atoms with Crippen molar-refractivity contribution in [2.24, 2.45) is 4.99 Å². The van der Waals surface area contributed by atoms with E-state index in [9.17, 15) is 9.59 Å². The topological polar surface area (TPSA) is 89.5 Å². The van der Waals surface area contributed by atoms with E-state index in [-0.39, 0.29) is 25.0 Å². The number of nitrogens with one attached hydrogen (secondary N) is 1. The molecule has 1 atom stereocenters. The Hall–Kier alpha value is -3.20. The van der Waals surface area contributed by atoms with Crippen molar-refractivity contribution in [3.05, 3.63) is 42.5 Å². The van der Waals surface area contributed by atoms with Gasteiger partial charge in [-0.2, -0.15) is 0 Å². The summed E-state index contributed by atoms with van der Waals surface area (Å²) in [5.41, 5.74) is 1.18. The Morgan fingerprint density at radius 1 is 1.27 bits per heavy atom. The summed E-state index contributed by atoms with van der Waals surface area (Å²) in [4.78, 5) is 31.8. The fourth-order valence-electron chi connectivity index (χ4n) is 3.18. The van der Waals surface area contributed by atoms with Crippen molar-refractivity contribution in [3.8, 4) is 17.2 Å². The number of rotatable bonds is 5. The van der Waals surface area contributed by atoms with Gasteiger partial charge in [-0.1, -0.05) is 23.9 Å². The first-order valence-electron chi connectivity index (χ1n) is 9.48. The Balaban J connectivity index is 1.56. The van der Waals surface area contributed by atoms with Crippen molar-refractivity contribution in [2.75, 3.05) is 25.8 Å². The first-order chi connectivity index (χ1) is 14.6. The zero-order valence-corrected chi connectivity index (χ0v) is 17.4. The number of fused-ring (bicyclic) bond motifs is 1. The van der Waals surface area contributed by atoms with E-state index in [1.54, 1.807) is 42.3 Å². The second-order valence-electron chi connectivity index (χ2n) is 6.57. The molecule has 1 N–H and O–H groups in total. The molecule has 9 heteroatoms. The molecule has 2 aliphatic heterocycles. The summed E-state index contributed by atoms with van der Waals surface area (Å²) in [7, 11) is 1.54. The monoisotopic (exact) mass is 427 g/mol. The Morgan fingerprint density at radius 3 is 2.87 bits per heavy atom. The van der Waals surface area contributed by atoms with Gasteiger partial charge in [-0.25, -0.2) is 4.99 Å². The van der Waals surface area contributed by atoms with Crippen LogP contribution in [0.3, 0.4) is 0 Å². The van der Waals surface area contributed by atoms with Crippen LogP contribution in [0.25, 0.3) is 0 Å². The van der Waals surface area contributed by atoms with E-state index in [4.69, 9.17) is 14.2 Å². The highest BCUT2D eigenvalue weighted by atomic mass is 32.2. The molecule has 0 bridgehead atoms. The zero-order valence-electron chi connectivity index (χ0n) is 16.6. The number of carbonyl (C=O) groups excluding carboxylic acids is 2. The zero-order chi connectivity index (χ0) is 21.1. The summed E-state index contributed by atoms with van der Waals surface area (Å²) in [5.74, 6) is 1.41. The minimum atomic E-state index is -0.599. The van der Waals surface area contributed by atoms with Crippen LogP contribution in [-0.2, 0) is 9.59 Å². The maximum Gasteiger partial charge on any atom is 0.238 e. The number of methoxy groups -OCH3 is 1. The van der Waals surface area contributed by atoms with E-state index in [2.05, 4.69) is 10.3 Å². The van der Waals surface area contributed by atoms with E-state index < -0.39 is 5.25 Å². The molecule has 0 spiro atoms. The number of anilines is 1. The van der Waals surface area contributed by atoms with Crippen LogP contribution in [0.1, 0.15) is 13.3 Å². The highest BCUT2D eigenvalue weighted by molar-refractivity contribution is 8.15. The summed E-state index contributed by atoms with van der Waals surface area (Å²) < 4.78 is 16.0. The normalized spacial score (nSPS) is 19.1. The number of aliphatic imine (C=N–C) groups is 1. The third-order valence-corrected chi connectivity index (χ3v) is 5.88. The molecular weight excluding hydrogens is 406 g/mol. The molecule has 0 radical (unpaired) electrons. The smallest absolute Gasteiger partial charge is 0.238 e. The van der Waals surface area contributed by atoms with E-state index in [0.29, 0.717) is 40.3 Å². The van der Waals surface area contributed by atoms with E-state index >= 15 is 0 Å². The van der Waals surface area contributed by atoms with Gasteiger partial charge in [-0.05, 0) is 31.2 Å². The lowest BCUT2D eigenvalue weighted by Crippen LogP contribution is -2.45. The summed E-state index contributed by atoms with van der Waals surface area (Å²) in [6.45, 7) is 2.52. The van der Waals surface area contributed by atoms with Crippen LogP contribution < -0.4 is 19.5 Å². The quantitative estimate of drug-likeness (QED) is 0.787. The third-order valence-electron chi connectivity index (χ3n) is 4.69. The molecule has 156 valence electrons. The molecule has 1 unspecified atom stereocenters. The standard InChI is InChI=1S/C21H21N3O5S/c1-3-24-19(25)11-18(20(26)23-14-6-4-5-7-15(14)27-2)30-21(24)22-13-8-9-16-17(10-13)29-12-28-16/h4-10,18H,3,11-12H2,1-2H3,(H,23,26). The van der Waals surface area contributed by atoms with Gasteiger partial charge in [-0.15, -0.1) is 0 Å². The van der Waals surface area contributed by atoms with Crippen molar-refractivity contribution in [2.45, 2.75) is 18.6 Å². The SMILES string of the molecule is CCN1C(=O)CC(C(=O)Nc2ccccc2OC)SC1=Nc1ccc2c(c1)OCO2. The lowest BCUT2D eigenvalue weighted by molar-refractivity contribution is -0.129. The van der Waals surface area contributed by atoms with Crippen LogP contribution in [0.5, 0.6) is 17.2 Å². The summed E-state index contributed by atoms with van der Waals surface area (Å²) in [5, 5.41) is 2.74. The van der Waals surface area contributed by atoms with Gasteiger partial charge in [0.25, 0.3) is 0 Å². The van der Waals surface area contributed by atoms with Gasteiger partial charge in [0, 0.05) is 19.0 Å². The van der Waals surface area contributed by atoms with E-state index in [0.717, 1.165) is 0 Å². The van der Waals surface area contributed by atoms with Crippen molar-refractivity contribution in [3.63, 3.8) is 0 Å². The number of amidine groups is 1. The molecule has 1 saturated heterocycles. The fourth-order valence-corrected chi connectivity index (χ4v) is 4.34. The van der Waals surface area contributed by atoms with Gasteiger partial charge in [0.05, 0.1) is 18.5 Å². The minimum Gasteiger partial charge on any atom is -0.495 e. The largest absolute Gasteiger partial charge is 0.495 e. The molecule has 1 fully saturated rings. The third kappa shape index (κ3) is 4.06. The van der Waals surface area contributed by atoms with Crippen LogP contribution in [0.4, 0.5) is 11.4 Å². The predicted octanol–water partition coefficient (Wildman–Crippen LogP) is 3.40. The number of hydrogen-bond donors (Lipinski definition) is 1. The fraction of sp³-hybridized carbons (Fsp3) is 0.286. The number of para-hydroxylation sites is 2. The Bertz CT molecular complexity index is 1010. The van der Waals surface area contributed by atoms with Gasteiger partial charge in [0.15, 0.2) is 16.7 Å². The maximum atomic E-state index is 12.9. The first-order valence-corrected chi connectivity index (χ1v) is 10.4. The molecule has 8 nitrogen and oxygen atoms in total. The molecule has 2 aromatic carbocycles. The van der Waals surface area contributed by atoms with Crippen molar-refractivity contribution >= 4 is 40.1 Å². The number of thioether (sulfide) groups is 1. The summed E-state index contributed by atoms with van der Waals surface area (Å²) in [6, 6.07) is 12.5. The Kier molecular flexibility index (Phi) is 5.80. The number of amides is 2. The van der Waals surface area contributed by atoms with Crippen LogP contribution in [-0.4, -0.2) is 47.6 Å². The molecule has 0 aliphatic carbocycles. The number of hydrogen-bond acceptors (Lipinski definition) is 7. The van der Waals surface area contributed by atoms with Crippen LogP contribution in [0.2, 0.25) is 0 Å². The molecule has 2 aliphatic rings. The average molecular weight is 427 g/mol. The number of benzene rings is 2. The van der Waals surface area contributed by atoms with Crippen LogP contribution in [0.15, 0.2) is 47.5 Å². The van der Waals surface area contributed by atoms with Crippen molar-refractivity contribution in [1.82, 2.24) is 4.90 Å². The Labute approximate surface area is 178 Å². The number of ether oxygens (including phenoxy) is 3. The van der Waals surface area contributed by atoms with Gasteiger partial charge < -0.3 is 19.5 Å². The number of carbonyl (C=O) groups is 2. The van der Waals surface area contributed by atoms with Gasteiger partial charge >= 0.3 is 0 Å². The van der Waals surface area contributed by atoms with Gasteiger partial charge in [0.1, 0.15) is 11.0 Å². The molecular formula is C21H21N3O5S. The van der Waals surface area contributed by atoms with E-state index in [1.807, 2.05) is 19.1 Å². The summed E-state index contributed by atoms with van der Waals surface area (Å²) >= 11 is 1.27. The molecule has 2 aromatic rings. The molecule has 2 amide bonds. The second kappa shape index (κ2) is 8.66. The van der Waals surface area contributed by atoms with Gasteiger partial charge in [0.2, 0.25) is 18.6 Å². The van der Waals surface area contributed by atoms with Gasteiger partial charge in [-0.3, -0.25) is 14.5 Å². The van der Waals surface area contributed by atoms with Crippen LogP contribution >= 0.6 is 11.8 Å². The molecule has 4 rings (SSSR count). The molecule has 0 aromatic heterocycles.